The summed E-state index contributed by atoms with van der Waals surface area (Å²) in [6, 6.07) is -0.0231. The lowest BCUT2D eigenvalue weighted by atomic mass is 10.2. The van der Waals surface area contributed by atoms with Crippen molar-refractivity contribution in [3.8, 4) is 0 Å². The van der Waals surface area contributed by atoms with E-state index in [1.807, 2.05) is 6.92 Å². The Labute approximate surface area is 43.9 Å². The first-order valence-electron chi connectivity index (χ1n) is 2.39. The van der Waals surface area contributed by atoms with Gasteiger partial charge in [-0.1, -0.05) is 0 Å². The SMILES string of the molecule is CC(N)[C@H](N)CN. The Hall–Kier alpha value is -0.120. The van der Waals surface area contributed by atoms with Crippen molar-refractivity contribution in [3.63, 3.8) is 0 Å². The Balaban J connectivity index is 3.14. The van der Waals surface area contributed by atoms with Gasteiger partial charge in [0.1, 0.15) is 0 Å². The number of rotatable bonds is 2. The lowest BCUT2D eigenvalue weighted by Gasteiger charge is -2.10. The molecule has 0 aromatic heterocycles. The maximum atomic E-state index is 5.37. The third kappa shape index (κ3) is 2.56. The average molecular weight is 103 g/mol. The van der Waals surface area contributed by atoms with Crippen molar-refractivity contribution in [2.24, 2.45) is 17.2 Å². The fourth-order valence-electron chi connectivity index (χ4n) is 0.215. The first-order chi connectivity index (χ1) is 3.18. The van der Waals surface area contributed by atoms with Crippen molar-refractivity contribution in [3.05, 3.63) is 0 Å². The van der Waals surface area contributed by atoms with Crippen LogP contribution in [0, 0.1) is 0 Å². The summed E-state index contributed by atoms with van der Waals surface area (Å²) in [7, 11) is 0. The van der Waals surface area contributed by atoms with E-state index in [-0.39, 0.29) is 12.1 Å². The van der Waals surface area contributed by atoms with E-state index in [1.54, 1.807) is 0 Å². The summed E-state index contributed by atoms with van der Waals surface area (Å²) in [5.74, 6) is 0. The first kappa shape index (κ1) is 6.88. The van der Waals surface area contributed by atoms with Crippen LogP contribution < -0.4 is 17.2 Å². The molecule has 0 saturated carbocycles. The van der Waals surface area contributed by atoms with E-state index >= 15 is 0 Å². The van der Waals surface area contributed by atoms with E-state index < -0.39 is 0 Å². The highest BCUT2D eigenvalue weighted by Gasteiger charge is 2.02. The highest BCUT2D eigenvalue weighted by molar-refractivity contribution is 4.70. The van der Waals surface area contributed by atoms with Gasteiger partial charge in [0.2, 0.25) is 0 Å². The molecule has 0 aliphatic carbocycles. The lowest BCUT2D eigenvalue weighted by molar-refractivity contribution is 0.569. The molecule has 0 amide bonds. The van der Waals surface area contributed by atoms with Crippen LogP contribution in [0.25, 0.3) is 0 Å². The summed E-state index contributed by atoms with van der Waals surface area (Å²) < 4.78 is 0. The van der Waals surface area contributed by atoms with Crippen LogP contribution in [-0.4, -0.2) is 18.6 Å². The van der Waals surface area contributed by atoms with Crippen molar-refractivity contribution < 1.29 is 0 Å². The van der Waals surface area contributed by atoms with E-state index in [0.717, 1.165) is 0 Å². The minimum atomic E-state index is -0.0417. The first-order valence-corrected chi connectivity index (χ1v) is 2.39. The molecule has 0 aliphatic heterocycles. The van der Waals surface area contributed by atoms with Crippen LogP contribution in [0.15, 0.2) is 0 Å². The smallest absolute Gasteiger partial charge is 0.0314 e. The molecule has 0 bridgehead atoms. The molecule has 0 rings (SSSR count). The van der Waals surface area contributed by atoms with Gasteiger partial charge in [-0.3, -0.25) is 0 Å². The summed E-state index contributed by atoms with van der Waals surface area (Å²) >= 11 is 0. The van der Waals surface area contributed by atoms with Crippen molar-refractivity contribution in [1.82, 2.24) is 0 Å². The van der Waals surface area contributed by atoms with Gasteiger partial charge in [-0.2, -0.15) is 0 Å². The van der Waals surface area contributed by atoms with Gasteiger partial charge in [0.15, 0.2) is 0 Å². The zero-order valence-electron chi connectivity index (χ0n) is 4.59. The van der Waals surface area contributed by atoms with Gasteiger partial charge in [-0.25, -0.2) is 0 Å². The van der Waals surface area contributed by atoms with Gasteiger partial charge in [0, 0.05) is 18.6 Å². The molecule has 0 radical (unpaired) electrons. The van der Waals surface area contributed by atoms with Crippen LogP contribution in [-0.2, 0) is 0 Å². The summed E-state index contributed by atoms with van der Waals surface area (Å²) in [6.45, 7) is 2.31. The quantitative estimate of drug-likeness (QED) is 0.403. The molecular formula is C4H13N3. The Morgan fingerprint density at radius 2 is 1.86 bits per heavy atom. The number of hydrogen-bond donors (Lipinski definition) is 3. The molecule has 7 heavy (non-hydrogen) atoms. The zero-order chi connectivity index (χ0) is 5.86. The predicted octanol–water partition coefficient (Wildman–Crippen LogP) is -1.38. The third-order valence-electron chi connectivity index (χ3n) is 0.948. The van der Waals surface area contributed by atoms with Crippen LogP contribution in [0.1, 0.15) is 6.92 Å². The van der Waals surface area contributed by atoms with Gasteiger partial charge in [-0.15, -0.1) is 0 Å². The van der Waals surface area contributed by atoms with Crippen molar-refractivity contribution in [2.75, 3.05) is 6.54 Å². The maximum absolute atomic E-state index is 5.37. The Morgan fingerprint density at radius 3 is 1.86 bits per heavy atom. The van der Waals surface area contributed by atoms with Crippen molar-refractivity contribution in [1.29, 1.82) is 0 Å². The Bertz CT molecular complexity index is 44.2. The van der Waals surface area contributed by atoms with E-state index in [1.165, 1.54) is 0 Å². The van der Waals surface area contributed by atoms with Gasteiger partial charge in [-0.05, 0) is 6.92 Å². The summed E-state index contributed by atoms with van der Waals surface area (Å²) in [6.07, 6.45) is 0. The molecule has 0 fully saturated rings. The van der Waals surface area contributed by atoms with Crippen molar-refractivity contribution in [2.45, 2.75) is 19.0 Å². The topological polar surface area (TPSA) is 78.1 Å². The monoisotopic (exact) mass is 103 g/mol. The third-order valence-corrected chi connectivity index (χ3v) is 0.948. The van der Waals surface area contributed by atoms with Crippen LogP contribution in [0.4, 0.5) is 0 Å². The molecular weight excluding hydrogens is 90.1 g/mol. The van der Waals surface area contributed by atoms with E-state index in [9.17, 15) is 0 Å². The van der Waals surface area contributed by atoms with E-state index in [4.69, 9.17) is 17.2 Å². The predicted molar refractivity (Wildman–Crippen MR) is 30.7 cm³/mol. The van der Waals surface area contributed by atoms with E-state index in [0.29, 0.717) is 6.54 Å². The molecule has 0 aliphatic rings. The highest BCUT2D eigenvalue weighted by Crippen LogP contribution is 1.77. The number of hydrogen-bond acceptors (Lipinski definition) is 3. The molecule has 6 N–H and O–H groups in total. The molecule has 0 aromatic carbocycles. The molecule has 3 nitrogen and oxygen atoms in total. The summed E-state index contributed by atoms with van der Waals surface area (Å²) in [4.78, 5) is 0. The minimum Gasteiger partial charge on any atom is -0.329 e. The molecule has 0 saturated heterocycles. The molecule has 2 atom stereocenters. The van der Waals surface area contributed by atoms with Gasteiger partial charge < -0.3 is 17.2 Å². The average Bonchev–Trinajstić information content (AvgIpc) is 1.65. The lowest BCUT2D eigenvalue weighted by Crippen LogP contribution is -2.44. The standard InChI is InChI=1S/C4H13N3/c1-3(6)4(7)2-5/h3-4H,2,5-7H2,1H3/t3?,4-/m1/s1. The normalized spacial score (nSPS) is 18.9. The zero-order valence-corrected chi connectivity index (χ0v) is 4.59. The van der Waals surface area contributed by atoms with Gasteiger partial charge >= 0.3 is 0 Å². The molecule has 3 heteroatoms. The largest absolute Gasteiger partial charge is 0.329 e. The summed E-state index contributed by atoms with van der Waals surface area (Å²) in [5.41, 5.74) is 15.9. The van der Waals surface area contributed by atoms with Crippen LogP contribution in [0.5, 0.6) is 0 Å². The fraction of sp³-hybridized carbons (Fsp3) is 1.00. The van der Waals surface area contributed by atoms with Crippen molar-refractivity contribution >= 4 is 0 Å². The number of nitrogens with two attached hydrogens (primary N) is 3. The Morgan fingerprint density at radius 1 is 1.43 bits per heavy atom. The van der Waals surface area contributed by atoms with Crippen LogP contribution in [0.3, 0.4) is 0 Å². The fourth-order valence-corrected chi connectivity index (χ4v) is 0.215. The molecule has 0 heterocycles. The molecule has 44 valence electrons. The van der Waals surface area contributed by atoms with Gasteiger partial charge in [0.25, 0.3) is 0 Å². The molecule has 1 unspecified atom stereocenters. The summed E-state index contributed by atoms with van der Waals surface area (Å²) in [5, 5.41) is 0. The van der Waals surface area contributed by atoms with Gasteiger partial charge in [0.05, 0.1) is 0 Å². The van der Waals surface area contributed by atoms with Crippen LogP contribution >= 0.6 is 0 Å². The maximum Gasteiger partial charge on any atom is 0.0314 e. The van der Waals surface area contributed by atoms with E-state index in [2.05, 4.69) is 0 Å². The Kier molecular flexibility index (Phi) is 2.91. The second-order valence-corrected chi connectivity index (χ2v) is 1.76. The minimum absolute atomic E-state index is 0.0185. The second-order valence-electron chi connectivity index (χ2n) is 1.76. The van der Waals surface area contributed by atoms with Crippen LogP contribution in [0.2, 0.25) is 0 Å². The molecule has 0 spiro atoms. The highest BCUT2D eigenvalue weighted by atomic mass is 14.8. The second kappa shape index (κ2) is 2.96. The molecule has 0 aromatic rings.